The van der Waals surface area contributed by atoms with E-state index in [0.29, 0.717) is 5.69 Å². The predicted octanol–water partition coefficient (Wildman–Crippen LogP) is 1.36. The summed E-state index contributed by atoms with van der Waals surface area (Å²) in [5, 5.41) is 31.0. The summed E-state index contributed by atoms with van der Waals surface area (Å²) in [5.41, 5.74) is -0.425. The molecule has 1 rings (SSSR count). The summed E-state index contributed by atoms with van der Waals surface area (Å²) >= 11 is 0. The summed E-state index contributed by atoms with van der Waals surface area (Å²) in [6.07, 6.45) is -5.53. The molecule has 7 nitrogen and oxygen atoms in total. The number of hydrogen-bond donors (Lipinski definition) is 3. The third-order valence-electron chi connectivity index (χ3n) is 2.79. The zero-order valence-electron chi connectivity index (χ0n) is 11.7. The van der Waals surface area contributed by atoms with Gasteiger partial charge in [0.2, 0.25) is 0 Å². The van der Waals surface area contributed by atoms with Gasteiger partial charge in [-0.1, -0.05) is 0 Å². The van der Waals surface area contributed by atoms with Crippen molar-refractivity contribution in [3.05, 3.63) is 28.3 Å². The van der Waals surface area contributed by atoms with Crippen molar-refractivity contribution in [2.45, 2.75) is 12.3 Å². The second-order valence-corrected chi connectivity index (χ2v) is 4.64. The molecule has 0 bridgehead atoms. The average molecular weight is 323 g/mol. The summed E-state index contributed by atoms with van der Waals surface area (Å²) < 4.78 is 36.5. The normalized spacial score (nSPS) is 12.8. The van der Waals surface area contributed by atoms with Gasteiger partial charge < -0.3 is 20.4 Å². The van der Waals surface area contributed by atoms with Crippen molar-refractivity contribution in [3.63, 3.8) is 0 Å². The van der Waals surface area contributed by atoms with E-state index >= 15 is 0 Å². The van der Waals surface area contributed by atoms with Gasteiger partial charge in [0.05, 0.1) is 17.6 Å². The highest BCUT2D eigenvalue weighted by atomic mass is 19.4. The number of nitrogens with zero attached hydrogens (tertiary/aromatic N) is 2. The number of nitro groups is 1. The largest absolute Gasteiger partial charge is 0.405 e. The number of nitro benzene ring substituents is 1. The Morgan fingerprint density at radius 2 is 2.09 bits per heavy atom. The summed E-state index contributed by atoms with van der Waals surface area (Å²) in [4.78, 5) is 11.6. The lowest BCUT2D eigenvalue weighted by Gasteiger charge is -2.22. The first-order valence-electron chi connectivity index (χ1n) is 6.23. The maximum Gasteiger partial charge on any atom is 0.405 e. The zero-order chi connectivity index (χ0) is 16.9. The SMILES string of the molecule is CN(CC(O)CO)c1ccc(NCC(F)(F)F)c([N+](=O)[O-])c1. The monoisotopic (exact) mass is 323 g/mol. The van der Waals surface area contributed by atoms with Gasteiger partial charge in [-0.15, -0.1) is 0 Å². The third kappa shape index (κ3) is 5.37. The number of aliphatic hydroxyl groups is 2. The third-order valence-corrected chi connectivity index (χ3v) is 2.79. The Bertz CT molecular complexity index is 525. The summed E-state index contributed by atoms with van der Waals surface area (Å²) in [7, 11) is 1.53. The predicted molar refractivity (Wildman–Crippen MR) is 74.0 cm³/mol. The molecule has 0 aromatic heterocycles. The molecule has 1 aromatic carbocycles. The molecule has 1 aromatic rings. The minimum absolute atomic E-state index is 0.0168. The minimum atomic E-state index is -4.49. The lowest BCUT2D eigenvalue weighted by atomic mass is 10.2. The Balaban J connectivity index is 2.96. The van der Waals surface area contributed by atoms with Gasteiger partial charge in [0.25, 0.3) is 5.69 Å². The fraction of sp³-hybridized carbons (Fsp3) is 0.500. The van der Waals surface area contributed by atoms with Crippen LogP contribution in [0.4, 0.5) is 30.2 Å². The lowest BCUT2D eigenvalue weighted by molar-refractivity contribution is -0.383. The second kappa shape index (κ2) is 7.27. The van der Waals surface area contributed by atoms with Gasteiger partial charge in [-0.2, -0.15) is 13.2 Å². The Labute approximate surface area is 124 Å². The van der Waals surface area contributed by atoms with Gasteiger partial charge in [-0.25, -0.2) is 0 Å². The summed E-state index contributed by atoms with van der Waals surface area (Å²) in [6.45, 7) is -1.84. The smallest absolute Gasteiger partial charge is 0.394 e. The van der Waals surface area contributed by atoms with Crippen molar-refractivity contribution in [1.82, 2.24) is 0 Å². The first-order valence-corrected chi connectivity index (χ1v) is 6.23. The van der Waals surface area contributed by atoms with Crippen molar-refractivity contribution >= 4 is 17.1 Å². The van der Waals surface area contributed by atoms with E-state index in [0.717, 1.165) is 6.07 Å². The molecule has 0 saturated heterocycles. The molecule has 3 N–H and O–H groups in total. The fourth-order valence-corrected chi connectivity index (χ4v) is 1.73. The maximum atomic E-state index is 12.2. The highest BCUT2D eigenvalue weighted by Crippen LogP contribution is 2.30. The minimum Gasteiger partial charge on any atom is -0.394 e. The van der Waals surface area contributed by atoms with Crippen molar-refractivity contribution in [2.24, 2.45) is 0 Å². The van der Waals surface area contributed by atoms with Crippen LogP contribution < -0.4 is 10.2 Å². The molecule has 0 heterocycles. The Kier molecular flexibility index (Phi) is 5.94. The number of benzene rings is 1. The van der Waals surface area contributed by atoms with Crippen molar-refractivity contribution in [2.75, 3.05) is 37.0 Å². The molecular weight excluding hydrogens is 307 g/mol. The molecule has 0 aliphatic carbocycles. The van der Waals surface area contributed by atoms with E-state index in [9.17, 15) is 28.4 Å². The number of halogens is 3. The Morgan fingerprint density at radius 1 is 1.45 bits per heavy atom. The Morgan fingerprint density at radius 3 is 2.59 bits per heavy atom. The number of rotatable bonds is 7. The molecule has 22 heavy (non-hydrogen) atoms. The molecule has 0 amide bonds. The molecule has 124 valence electrons. The molecule has 1 unspecified atom stereocenters. The first-order chi connectivity index (χ1) is 10.1. The van der Waals surface area contributed by atoms with Crippen LogP contribution in [0.15, 0.2) is 18.2 Å². The number of nitrogens with one attached hydrogen (secondary N) is 1. The molecule has 0 radical (unpaired) electrons. The number of aliphatic hydroxyl groups excluding tert-OH is 2. The topological polar surface area (TPSA) is 98.9 Å². The average Bonchev–Trinajstić information content (AvgIpc) is 2.43. The molecule has 0 saturated carbocycles. The maximum absolute atomic E-state index is 12.2. The van der Waals surface area contributed by atoms with E-state index in [2.05, 4.69) is 0 Å². The number of hydrogen-bond acceptors (Lipinski definition) is 6. The van der Waals surface area contributed by atoms with Crippen LogP contribution >= 0.6 is 0 Å². The Hall–Kier alpha value is -2.07. The molecule has 0 aliphatic rings. The first kappa shape index (κ1) is 18.0. The molecule has 1 atom stereocenters. The number of likely N-dealkylation sites (N-methyl/N-ethyl adjacent to an activating group) is 1. The van der Waals surface area contributed by atoms with Crippen LogP contribution in [-0.4, -0.2) is 54.2 Å². The van der Waals surface area contributed by atoms with Crippen molar-refractivity contribution < 1.29 is 28.3 Å². The van der Waals surface area contributed by atoms with E-state index < -0.39 is 36.0 Å². The number of anilines is 2. The van der Waals surface area contributed by atoms with Crippen LogP contribution in [0.2, 0.25) is 0 Å². The highest BCUT2D eigenvalue weighted by molar-refractivity contribution is 5.68. The fourth-order valence-electron chi connectivity index (χ4n) is 1.73. The highest BCUT2D eigenvalue weighted by Gasteiger charge is 2.28. The quantitative estimate of drug-likeness (QED) is 0.518. The van der Waals surface area contributed by atoms with Gasteiger partial charge in [0.15, 0.2) is 0 Å². The van der Waals surface area contributed by atoms with Gasteiger partial charge in [0, 0.05) is 25.3 Å². The lowest BCUT2D eigenvalue weighted by Crippen LogP contribution is -2.31. The van der Waals surface area contributed by atoms with Crippen LogP contribution in [-0.2, 0) is 0 Å². The molecule has 0 spiro atoms. The van der Waals surface area contributed by atoms with Crippen molar-refractivity contribution in [3.8, 4) is 0 Å². The van der Waals surface area contributed by atoms with Crippen LogP contribution in [0.25, 0.3) is 0 Å². The molecular formula is C12H16F3N3O4. The van der Waals surface area contributed by atoms with E-state index in [1.807, 2.05) is 5.32 Å². The van der Waals surface area contributed by atoms with Crippen LogP contribution in [0.3, 0.4) is 0 Å². The molecule has 0 aliphatic heterocycles. The van der Waals surface area contributed by atoms with Gasteiger partial charge >= 0.3 is 6.18 Å². The number of alkyl halides is 3. The zero-order valence-corrected chi connectivity index (χ0v) is 11.7. The summed E-state index contributed by atoms with van der Waals surface area (Å²) in [5.74, 6) is 0. The van der Waals surface area contributed by atoms with E-state index in [1.165, 1.54) is 24.1 Å². The van der Waals surface area contributed by atoms with E-state index in [1.54, 1.807) is 0 Å². The standard InChI is InChI=1S/C12H16F3N3O4/c1-17(5-9(20)6-19)8-2-3-10(11(4-8)18(21)22)16-7-12(13,14)15/h2-4,9,16,19-20H,5-7H2,1H3. The van der Waals surface area contributed by atoms with Crippen LogP contribution in [0.5, 0.6) is 0 Å². The van der Waals surface area contributed by atoms with E-state index in [4.69, 9.17) is 5.11 Å². The molecule has 0 fully saturated rings. The summed E-state index contributed by atoms with van der Waals surface area (Å²) in [6, 6.07) is 3.65. The van der Waals surface area contributed by atoms with Gasteiger partial charge in [0.1, 0.15) is 12.2 Å². The van der Waals surface area contributed by atoms with Gasteiger partial charge in [-0.05, 0) is 12.1 Å². The van der Waals surface area contributed by atoms with Crippen LogP contribution in [0, 0.1) is 10.1 Å². The second-order valence-electron chi connectivity index (χ2n) is 4.64. The van der Waals surface area contributed by atoms with Crippen molar-refractivity contribution in [1.29, 1.82) is 0 Å². The van der Waals surface area contributed by atoms with E-state index in [-0.39, 0.29) is 12.2 Å². The van der Waals surface area contributed by atoms with Crippen LogP contribution in [0.1, 0.15) is 0 Å². The molecule has 10 heteroatoms. The van der Waals surface area contributed by atoms with Gasteiger partial charge in [-0.3, -0.25) is 10.1 Å².